The summed E-state index contributed by atoms with van der Waals surface area (Å²) in [4.78, 5) is 18.0. The molecule has 1 aliphatic heterocycles. The van der Waals surface area contributed by atoms with Gasteiger partial charge in [-0.2, -0.15) is 0 Å². The highest BCUT2D eigenvalue weighted by atomic mass is 32.1. The SMILES string of the molecule is O=C(O)c1cc2c(s1)c(C1CCCCC1)c(-c1ccc(OCc3ccccc3)cc1)n2CCN1CCN(C2CCCCC2)CC1. The molecule has 3 aliphatic rings. The second-order valence-corrected chi connectivity index (χ2v) is 14.4. The first-order valence-corrected chi connectivity index (χ1v) is 18.1. The number of hydrogen-bond acceptors (Lipinski definition) is 5. The molecule has 0 atom stereocenters. The van der Waals surface area contributed by atoms with Gasteiger partial charge < -0.3 is 14.4 Å². The minimum absolute atomic E-state index is 0.447. The molecule has 2 saturated carbocycles. The molecule has 1 N–H and O–H groups in total. The first-order chi connectivity index (χ1) is 22.1. The third-order valence-corrected chi connectivity index (χ3v) is 11.7. The van der Waals surface area contributed by atoms with Crippen molar-refractivity contribution in [2.24, 2.45) is 0 Å². The number of piperazine rings is 1. The van der Waals surface area contributed by atoms with Crippen LogP contribution in [0.5, 0.6) is 5.75 Å². The minimum atomic E-state index is -0.822. The molecule has 0 bridgehead atoms. The van der Waals surface area contributed by atoms with Gasteiger partial charge in [0.15, 0.2) is 0 Å². The molecule has 0 amide bonds. The number of hydrogen-bond donors (Lipinski definition) is 1. The van der Waals surface area contributed by atoms with Crippen LogP contribution >= 0.6 is 11.3 Å². The monoisotopic (exact) mass is 625 g/mol. The Labute approximate surface area is 271 Å². The lowest BCUT2D eigenvalue weighted by molar-refractivity contribution is 0.0702. The number of carboxylic acids is 1. The van der Waals surface area contributed by atoms with Gasteiger partial charge in [-0.05, 0) is 78.6 Å². The van der Waals surface area contributed by atoms with E-state index in [1.807, 2.05) is 24.3 Å². The number of ether oxygens (including phenoxy) is 1. The van der Waals surface area contributed by atoms with Gasteiger partial charge in [0.25, 0.3) is 0 Å². The predicted octanol–water partition coefficient (Wildman–Crippen LogP) is 8.65. The molecule has 2 aliphatic carbocycles. The Balaban J connectivity index is 1.17. The van der Waals surface area contributed by atoms with E-state index in [1.165, 1.54) is 97.1 Å². The quantitative estimate of drug-likeness (QED) is 0.191. The number of aromatic nitrogens is 1. The van der Waals surface area contributed by atoms with Crippen molar-refractivity contribution in [2.45, 2.75) is 89.3 Å². The van der Waals surface area contributed by atoms with Crippen molar-refractivity contribution in [2.75, 3.05) is 32.7 Å². The normalized spacial score (nSPS) is 19.3. The number of nitrogens with zero attached hydrogens (tertiary/aromatic N) is 3. The third-order valence-electron chi connectivity index (χ3n) is 10.5. The zero-order valence-corrected chi connectivity index (χ0v) is 27.3. The Morgan fingerprint density at radius 3 is 2.20 bits per heavy atom. The van der Waals surface area contributed by atoms with Gasteiger partial charge in [-0.3, -0.25) is 9.80 Å². The average Bonchev–Trinajstić information content (AvgIpc) is 3.66. The first kappa shape index (κ1) is 30.5. The molecule has 2 aromatic heterocycles. The number of fused-ring (bicyclic) bond motifs is 1. The second kappa shape index (κ2) is 14.1. The fraction of sp³-hybridized carbons (Fsp3) is 0.500. The Hall–Kier alpha value is -3.13. The fourth-order valence-corrected chi connectivity index (χ4v) is 9.18. The van der Waals surface area contributed by atoms with E-state index in [2.05, 4.69) is 50.8 Å². The Morgan fingerprint density at radius 2 is 1.51 bits per heavy atom. The number of carboxylic acid groups (broad SMARTS) is 1. The van der Waals surface area contributed by atoms with E-state index in [0.29, 0.717) is 17.4 Å². The highest BCUT2D eigenvalue weighted by molar-refractivity contribution is 7.21. The Kier molecular flexibility index (Phi) is 9.57. The fourth-order valence-electron chi connectivity index (χ4n) is 8.06. The topological polar surface area (TPSA) is 57.9 Å². The Morgan fingerprint density at radius 1 is 0.822 bits per heavy atom. The molecule has 0 unspecified atom stereocenters. The maximum absolute atomic E-state index is 12.2. The first-order valence-electron chi connectivity index (χ1n) is 17.3. The highest BCUT2D eigenvalue weighted by Gasteiger charge is 2.30. The molecular weight excluding hydrogens is 579 g/mol. The van der Waals surface area contributed by atoms with Crippen LogP contribution in [0.2, 0.25) is 0 Å². The summed E-state index contributed by atoms with van der Waals surface area (Å²) in [6.07, 6.45) is 13.0. The van der Waals surface area contributed by atoms with Gasteiger partial charge in [0.1, 0.15) is 17.2 Å². The standard InChI is InChI=1S/C38H47N3O3S/c42-38(43)34-26-33-37(45-34)35(29-12-6-2-7-13-29)36(30-16-18-32(19-17-30)44-27-28-10-4-1-5-11-28)41(33)25-22-39-20-23-40(24-21-39)31-14-8-3-9-15-31/h1,4-5,10-11,16-19,26,29,31H,2-3,6-9,12-15,20-25,27H2,(H,42,43). The highest BCUT2D eigenvalue weighted by Crippen LogP contribution is 2.47. The molecule has 7 heteroatoms. The molecule has 3 heterocycles. The molecule has 0 spiro atoms. The van der Waals surface area contributed by atoms with Gasteiger partial charge in [-0.1, -0.05) is 68.9 Å². The van der Waals surface area contributed by atoms with Crippen LogP contribution in [0.25, 0.3) is 21.5 Å². The molecule has 3 fully saturated rings. The van der Waals surface area contributed by atoms with Crippen LogP contribution in [-0.4, -0.2) is 64.2 Å². The van der Waals surface area contributed by atoms with E-state index in [0.717, 1.165) is 62.1 Å². The average molecular weight is 626 g/mol. The van der Waals surface area contributed by atoms with Gasteiger partial charge in [-0.25, -0.2) is 4.79 Å². The van der Waals surface area contributed by atoms with E-state index in [1.54, 1.807) is 0 Å². The summed E-state index contributed by atoms with van der Waals surface area (Å²) in [6.45, 7) is 6.95. The Bertz CT molecular complexity index is 1560. The third kappa shape index (κ3) is 6.86. The zero-order valence-electron chi connectivity index (χ0n) is 26.5. The summed E-state index contributed by atoms with van der Waals surface area (Å²) in [6, 6.07) is 21.6. The number of carbonyl (C=O) groups is 1. The van der Waals surface area contributed by atoms with Crippen LogP contribution in [0.15, 0.2) is 60.7 Å². The molecule has 7 rings (SSSR count). The maximum atomic E-state index is 12.2. The van der Waals surface area contributed by atoms with Crippen molar-refractivity contribution in [3.05, 3.63) is 76.7 Å². The zero-order chi connectivity index (χ0) is 30.6. The number of rotatable bonds is 10. The van der Waals surface area contributed by atoms with E-state index in [4.69, 9.17) is 4.74 Å². The van der Waals surface area contributed by atoms with Crippen LogP contribution in [0.4, 0.5) is 0 Å². The summed E-state index contributed by atoms with van der Waals surface area (Å²) in [7, 11) is 0. The molecule has 1 saturated heterocycles. The second-order valence-electron chi connectivity index (χ2n) is 13.3. The van der Waals surface area contributed by atoms with Gasteiger partial charge in [0, 0.05) is 45.3 Å². The summed E-state index contributed by atoms with van der Waals surface area (Å²) >= 11 is 1.48. The van der Waals surface area contributed by atoms with Gasteiger partial charge in [-0.15, -0.1) is 11.3 Å². The summed E-state index contributed by atoms with van der Waals surface area (Å²) in [5, 5.41) is 9.99. The van der Waals surface area contributed by atoms with Crippen molar-refractivity contribution >= 4 is 27.5 Å². The van der Waals surface area contributed by atoms with Crippen LogP contribution in [-0.2, 0) is 13.2 Å². The maximum Gasteiger partial charge on any atom is 0.345 e. The van der Waals surface area contributed by atoms with Gasteiger partial charge >= 0.3 is 5.97 Å². The minimum Gasteiger partial charge on any atom is -0.489 e. The van der Waals surface area contributed by atoms with Crippen molar-refractivity contribution in [3.63, 3.8) is 0 Å². The smallest absolute Gasteiger partial charge is 0.345 e. The summed E-state index contributed by atoms with van der Waals surface area (Å²) in [5.41, 5.74) is 6.12. The lowest BCUT2D eigenvalue weighted by atomic mass is 9.83. The summed E-state index contributed by atoms with van der Waals surface area (Å²) in [5.74, 6) is 0.509. The predicted molar refractivity (Wildman–Crippen MR) is 184 cm³/mol. The van der Waals surface area contributed by atoms with E-state index in [-0.39, 0.29) is 0 Å². The van der Waals surface area contributed by atoms with Crippen molar-refractivity contribution < 1.29 is 14.6 Å². The van der Waals surface area contributed by atoms with Crippen LogP contribution < -0.4 is 4.74 Å². The lowest BCUT2D eigenvalue weighted by Crippen LogP contribution is -2.51. The molecule has 45 heavy (non-hydrogen) atoms. The molecular formula is C38H47N3O3S. The molecule has 2 aromatic carbocycles. The van der Waals surface area contributed by atoms with E-state index >= 15 is 0 Å². The molecule has 0 radical (unpaired) electrons. The van der Waals surface area contributed by atoms with E-state index < -0.39 is 5.97 Å². The lowest BCUT2D eigenvalue weighted by Gasteiger charge is -2.40. The molecule has 238 valence electrons. The van der Waals surface area contributed by atoms with E-state index in [9.17, 15) is 9.90 Å². The molecule has 6 nitrogen and oxygen atoms in total. The van der Waals surface area contributed by atoms with Crippen molar-refractivity contribution in [3.8, 4) is 17.0 Å². The molecule has 4 aromatic rings. The van der Waals surface area contributed by atoms with Crippen LogP contribution in [0.3, 0.4) is 0 Å². The summed E-state index contributed by atoms with van der Waals surface area (Å²) < 4.78 is 9.79. The van der Waals surface area contributed by atoms with Gasteiger partial charge in [0.05, 0.1) is 15.9 Å². The largest absolute Gasteiger partial charge is 0.489 e. The van der Waals surface area contributed by atoms with Crippen LogP contribution in [0, 0.1) is 0 Å². The van der Waals surface area contributed by atoms with Crippen LogP contribution in [0.1, 0.15) is 90.9 Å². The number of aromatic carboxylic acids is 1. The number of benzene rings is 2. The number of thiophene rings is 1. The van der Waals surface area contributed by atoms with Crippen molar-refractivity contribution in [1.29, 1.82) is 0 Å². The van der Waals surface area contributed by atoms with Gasteiger partial charge in [0.2, 0.25) is 0 Å². The van der Waals surface area contributed by atoms with Crippen molar-refractivity contribution in [1.82, 2.24) is 14.4 Å².